The van der Waals surface area contributed by atoms with Gasteiger partial charge in [0.25, 0.3) is 0 Å². The van der Waals surface area contributed by atoms with Crippen LogP contribution < -0.4 is 0 Å². The molecule has 3 fully saturated rings. The number of hydrogen-bond acceptors (Lipinski definition) is 8. The summed E-state index contributed by atoms with van der Waals surface area (Å²) in [6.45, 7) is 15.4. The topological polar surface area (TPSA) is 92.8 Å². The average molecular weight is 457 g/mol. The summed E-state index contributed by atoms with van der Waals surface area (Å²) < 4.78 is 34.3. The largest absolute Gasteiger partial charge is 0.457 e. The van der Waals surface area contributed by atoms with Crippen molar-refractivity contribution in [3.63, 3.8) is 0 Å². The number of epoxide rings is 1. The SMILES string of the molecule is CCOC(C)(C)CC(C)(C)C(=O)O[C@H]1CO[C@H]2[C@@H]1OC[C@H]2OC(=O)C(C)CC(C)C1CO1. The maximum Gasteiger partial charge on any atom is 0.312 e. The van der Waals surface area contributed by atoms with Crippen molar-refractivity contribution in [1.29, 1.82) is 0 Å². The highest BCUT2D eigenvalue weighted by molar-refractivity contribution is 5.76. The number of rotatable bonds is 11. The van der Waals surface area contributed by atoms with Gasteiger partial charge in [0, 0.05) is 6.61 Å². The fourth-order valence-corrected chi connectivity index (χ4v) is 4.96. The van der Waals surface area contributed by atoms with Gasteiger partial charge in [-0.1, -0.05) is 13.8 Å². The third kappa shape index (κ3) is 6.22. The molecule has 3 rings (SSSR count). The summed E-state index contributed by atoms with van der Waals surface area (Å²) in [6.07, 6.45) is -0.345. The first-order chi connectivity index (χ1) is 14.9. The lowest BCUT2D eigenvalue weighted by molar-refractivity contribution is -0.168. The van der Waals surface area contributed by atoms with Gasteiger partial charge in [-0.05, 0) is 53.4 Å². The van der Waals surface area contributed by atoms with Crippen LogP contribution in [0.1, 0.15) is 61.3 Å². The molecule has 7 atom stereocenters. The smallest absolute Gasteiger partial charge is 0.312 e. The Hall–Kier alpha value is -1.22. The highest BCUT2D eigenvalue weighted by Gasteiger charge is 2.52. The summed E-state index contributed by atoms with van der Waals surface area (Å²) in [7, 11) is 0. The highest BCUT2D eigenvalue weighted by atomic mass is 16.7. The van der Waals surface area contributed by atoms with E-state index in [1.165, 1.54) is 0 Å². The molecule has 0 saturated carbocycles. The van der Waals surface area contributed by atoms with Gasteiger partial charge in [0.1, 0.15) is 12.2 Å². The molecule has 0 spiro atoms. The van der Waals surface area contributed by atoms with Crippen LogP contribution in [0.15, 0.2) is 0 Å². The first kappa shape index (κ1) is 25.4. The van der Waals surface area contributed by atoms with E-state index in [9.17, 15) is 9.59 Å². The van der Waals surface area contributed by atoms with Crippen LogP contribution in [0.5, 0.6) is 0 Å². The normalized spacial score (nSPS) is 31.7. The molecule has 0 amide bonds. The van der Waals surface area contributed by atoms with Gasteiger partial charge in [-0.15, -0.1) is 0 Å². The van der Waals surface area contributed by atoms with Crippen LogP contribution in [0, 0.1) is 17.3 Å². The number of fused-ring (bicyclic) bond motifs is 1. The van der Waals surface area contributed by atoms with Gasteiger partial charge in [0.2, 0.25) is 0 Å². The van der Waals surface area contributed by atoms with Crippen molar-refractivity contribution in [3.05, 3.63) is 0 Å². The van der Waals surface area contributed by atoms with E-state index in [1.807, 2.05) is 41.5 Å². The minimum atomic E-state index is -0.724. The zero-order chi connectivity index (χ0) is 23.7. The van der Waals surface area contributed by atoms with Gasteiger partial charge in [0.05, 0.1) is 42.9 Å². The predicted octanol–water partition coefficient (Wildman–Crippen LogP) is 2.90. The van der Waals surface area contributed by atoms with Crippen molar-refractivity contribution in [2.75, 3.05) is 26.4 Å². The van der Waals surface area contributed by atoms with Gasteiger partial charge >= 0.3 is 11.9 Å². The molecule has 8 nitrogen and oxygen atoms in total. The molecule has 184 valence electrons. The molecule has 3 aliphatic heterocycles. The van der Waals surface area contributed by atoms with Gasteiger partial charge in [-0.2, -0.15) is 0 Å². The summed E-state index contributed by atoms with van der Waals surface area (Å²) in [4.78, 5) is 25.5. The Balaban J connectivity index is 1.50. The Morgan fingerprint density at radius 3 is 2.03 bits per heavy atom. The molecule has 3 unspecified atom stereocenters. The molecular weight excluding hydrogens is 416 g/mol. The summed E-state index contributed by atoms with van der Waals surface area (Å²) in [5.41, 5.74) is -1.16. The first-order valence-corrected chi connectivity index (χ1v) is 11.8. The summed E-state index contributed by atoms with van der Waals surface area (Å²) in [5, 5.41) is 0. The van der Waals surface area contributed by atoms with Gasteiger partial charge < -0.3 is 28.4 Å². The third-order valence-corrected chi connectivity index (χ3v) is 6.57. The van der Waals surface area contributed by atoms with Crippen LogP contribution in [0.3, 0.4) is 0 Å². The van der Waals surface area contributed by atoms with E-state index in [0.717, 1.165) is 13.0 Å². The van der Waals surface area contributed by atoms with Crippen LogP contribution in [0.4, 0.5) is 0 Å². The van der Waals surface area contributed by atoms with Crippen molar-refractivity contribution in [2.45, 2.75) is 97.4 Å². The number of carbonyl (C=O) groups is 2. The zero-order valence-corrected chi connectivity index (χ0v) is 20.6. The van der Waals surface area contributed by atoms with Gasteiger partial charge in [-0.25, -0.2) is 0 Å². The molecule has 0 aromatic heterocycles. The molecule has 0 radical (unpaired) electrons. The summed E-state index contributed by atoms with van der Waals surface area (Å²) in [6, 6.07) is 0. The summed E-state index contributed by atoms with van der Waals surface area (Å²) >= 11 is 0. The maximum atomic E-state index is 12.9. The molecule has 0 aromatic carbocycles. The minimum absolute atomic E-state index is 0.224. The van der Waals surface area contributed by atoms with Gasteiger partial charge in [-0.3, -0.25) is 9.59 Å². The van der Waals surface area contributed by atoms with E-state index >= 15 is 0 Å². The zero-order valence-electron chi connectivity index (χ0n) is 20.6. The monoisotopic (exact) mass is 456 g/mol. The van der Waals surface area contributed by atoms with E-state index < -0.39 is 35.4 Å². The number of carbonyl (C=O) groups excluding carboxylic acids is 2. The van der Waals surface area contributed by atoms with Crippen LogP contribution >= 0.6 is 0 Å². The number of hydrogen-bond donors (Lipinski definition) is 0. The third-order valence-electron chi connectivity index (χ3n) is 6.57. The maximum absolute atomic E-state index is 12.9. The lowest BCUT2D eigenvalue weighted by Gasteiger charge is -2.34. The minimum Gasteiger partial charge on any atom is -0.457 e. The Labute approximate surface area is 191 Å². The molecule has 8 heteroatoms. The predicted molar refractivity (Wildman–Crippen MR) is 116 cm³/mol. The van der Waals surface area contributed by atoms with Crippen molar-refractivity contribution >= 4 is 11.9 Å². The second-order valence-electron chi connectivity index (χ2n) is 10.8. The fourth-order valence-electron chi connectivity index (χ4n) is 4.96. The molecule has 32 heavy (non-hydrogen) atoms. The molecule has 3 saturated heterocycles. The van der Waals surface area contributed by atoms with Crippen LogP contribution in [0.25, 0.3) is 0 Å². The van der Waals surface area contributed by atoms with Crippen LogP contribution in [-0.4, -0.2) is 74.5 Å². The van der Waals surface area contributed by atoms with Gasteiger partial charge in [0.15, 0.2) is 12.2 Å². The van der Waals surface area contributed by atoms with Crippen molar-refractivity contribution in [3.8, 4) is 0 Å². The Kier molecular flexibility index (Phi) is 7.90. The summed E-state index contributed by atoms with van der Waals surface area (Å²) in [5.74, 6) is -0.464. The highest BCUT2D eigenvalue weighted by Crippen LogP contribution is 2.36. The number of esters is 2. The first-order valence-electron chi connectivity index (χ1n) is 11.8. The Bertz CT molecular complexity index is 671. The standard InChI is InChI=1S/C24H40O8/c1-8-30-24(6,7)13-23(4,5)22(26)32-18-12-29-19-17(11-28-20(18)19)31-21(25)15(3)9-14(2)16-10-27-16/h14-20H,8-13H2,1-7H3/t14?,15?,16?,17-,18+,19-,20-/m1/s1. The average Bonchev–Trinajstić information content (AvgIpc) is 3.36. The second-order valence-corrected chi connectivity index (χ2v) is 10.8. The van der Waals surface area contributed by atoms with E-state index in [4.69, 9.17) is 28.4 Å². The molecule has 3 aliphatic rings. The second kappa shape index (κ2) is 9.95. The van der Waals surface area contributed by atoms with E-state index in [0.29, 0.717) is 18.9 Å². The van der Waals surface area contributed by atoms with E-state index in [1.54, 1.807) is 0 Å². The Morgan fingerprint density at radius 1 is 0.938 bits per heavy atom. The van der Waals surface area contributed by atoms with E-state index in [2.05, 4.69) is 6.92 Å². The van der Waals surface area contributed by atoms with Crippen LogP contribution in [-0.2, 0) is 38.0 Å². The Morgan fingerprint density at radius 2 is 1.50 bits per heavy atom. The quantitative estimate of drug-likeness (QED) is 0.346. The molecule has 0 N–H and O–H groups in total. The van der Waals surface area contributed by atoms with Crippen molar-refractivity contribution in [1.82, 2.24) is 0 Å². The molecule has 0 bridgehead atoms. The van der Waals surface area contributed by atoms with E-state index in [-0.39, 0.29) is 37.2 Å². The lowest BCUT2D eigenvalue weighted by atomic mass is 9.81. The molecule has 3 heterocycles. The van der Waals surface area contributed by atoms with Crippen LogP contribution in [0.2, 0.25) is 0 Å². The van der Waals surface area contributed by atoms with Crippen molar-refractivity contribution in [2.24, 2.45) is 17.3 Å². The fraction of sp³-hybridized carbons (Fsp3) is 0.917. The van der Waals surface area contributed by atoms with Crippen molar-refractivity contribution < 1.29 is 38.0 Å². The number of ether oxygens (including phenoxy) is 6. The molecule has 0 aliphatic carbocycles. The molecular formula is C24H40O8. The molecule has 0 aromatic rings. The lowest BCUT2D eigenvalue weighted by Crippen LogP contribution is -2.41.